The summed E-state index contributed by atoms with van der Waals surface area (Å²) in [5.41, 5.74) is 3.05. The van der Waals surface area contributed by atoms with Gasteiger partial charge in [0.05, 0.1) is 16.6 Å². The van der Waals surface area contributed by atoms with Crippen LogP contribution in [-0.4, -0.2) is 40.3 Å². The second kappa shape index (κ2) is 7.60. The highest BCUT2D eigenvalue weighted by molar-refractivity contribution is 8.37. The quantitative estimate of drug-likeness (QED) is 0.425. The fourth-order valence-electron chi connectivity index (χ4n) is 3.39. The van der Waals surface area contributed by atoms with Crippen LogP contribution >= 0.6 is 22.2 Å². The minimum absolute atomic E-state index is 0.0322. The molecule has 28 heavy (non-hydrogen) atoms. The van der Waals surface area contributed by atoms with Crippen LogP contribution in [0.25, 0.3) is 0 Å². The second-order valence-electron chi connectivity index (χ2n) is 6.84. The van der Waals surface area contributed by atoms with Crippen LogP contribution in [0.15, 0.2) is 64.5 Å². The topological polar surface area (TPSA) is 40.6 Å². The predicted molar refractivity (Wildman–Crippen MR) is 119 cm³/mol. The Balaban J connectivity index is 1.74. The van der Waals surface area contributed by atoms with E-state index in [0.29, 0.717) is 12.1 Å². The molecule has 2 heterocycles. The maximum Gasteiger partial charge on any atom is 0.271 e. The number of rotatable bonds is 3. The Morgan fingerprint density at radius 1 is 1.21 bits per heavy atom. The number of carbonyl (C=O) groups is 2. The van der Waals surface area contributed by atoms with Crippen molar-refractivity contribution in [2.45, 2.75) is 18.7 Å². The molecule has 0 saturated carbocycles. The van der Waals surface area contributed by atoms with Gasteiger partial charge >= 0.3 is 0 Å². The van der Waals surface area contributed by atoms with Gasteiger partial charge in [0.15, 0.2) is 5.78 Å². The summed E-state index contributed by atoms with van der Waals surface area (Å²) in [6.45, 7) is 4.59. The SMILES string of the molecule is CCN1C(=O)C(=S2CN(C)c3cc(C)ccc32)SC1=CC(=O)c1ccccc1. The van der Waals surface area contributed by atoms with E-state index in [1.807, 2.05) is 25.1 Å². The Bertz CT molecular complexity index is 1030. The number of nitrogens with zero attached hydrogens (tertiary/aromatic N) is 2. The Kier molecular flexibility index (Phi) is 5.17. The summed E-state index contributed by atoms with van der Waals surface area (Å²) in [4.78, 5) is 30.9. The van der Waals surface area contributed by atoms with Gasteiger partial charge in [-0.05, 0) is 31.5 Å². The molecule has 0 aliphatic carbocycles. The average Bonchev–Trinajstić information content (AvgIpc) is 3.18. The van der Waals surface area contributed by atoms with E-state index in [0.717, 1.165) is 15.1 Å². The molecule has 1 amide bonds. The van der Waals surface area contributed by atoms with Crippen molar-refractivity contribution in [3.63, 3.8) is 0 Å². The van der Waals surface area contributed by atoms with E-state index < -0.39 is 0 Å². The van der Waals surface area contributed by atoms with Crippen molar-refractivity contribution in [3.8, 4) is 0 Å². The molecular weight excluding hydrogens is 388 g/mol. The molecule has 0 spiro atoms. The van der Waals surface area contributed by atoms with Crippen molar-refractivity contribution in [2.24, 2.45) is 0 Å². The minimum atomic E-state index is -0.286. The normalized spacial score (nSPS) is 21.5. The third-order valence-corrected chi connectivity index (χ3v) is 8.75. The molecule has 144 valence electrons. The molecular formula is C22H22N2O2S2. The molecule has 1 fully saturated rings. The number of amides is 1. The van der Waals surface area contributed by atoms with E-state index in [2.05, 4.69) is 37.1 Å². The summed E-state index contributed by atoms with van der Waals surface area (Å²) < 4.78 is 0.836. The molecule has 4 rings (SSSR count). The van der Waals surface area contributed by atoms with Crippen molar-refractivity contribution in [1.29, 1.82) is 0 Å². The Hall–Kier alpha value is -2.31. The first-order valence-electron chi connectivity index (χ1n) is 9.20. The first-order chi connectivity index (χ1) is 13.5. The second-order valence-corrected chi connectivity index (χ2v) is 10.0. The van der Waals surface area contributed by atoms with Crippen LogP contribution in [0.1, 0.15) is 22.8 Å². The van der Waals surface area contributed by atoms with Crippen molar-refractivity contribution in [3.05, 3.63) is 70.8 Å². The average molecular weight is 411 g/mol. The number of hydrogen-bond donors (Lipinski definition) is 0. The molecule has 0 radical (unpaired) electrons. The number of fused-ring (bicyclic) bond motifs is 1. The van der Waals surface area contributed by atoms with Crippen LogP contribution in [0.5, 0.6) is 0 Å². The predicted octanol–water partition coefficient (Wildman–Crippen LogP) is 4.48. The smallest absolute Gasteiger partial charge is 0.271 e. The van der Waals surface area contributed by atoms with Gasteiger partial charge in [0.25, 0.3) is 5.91 Å². The number of aryl methyl sites for hydroxylation is 1. The third kappa shape index (κ3) is 3.31. The summed E-state index contributed by atoms with van der Waals surface area (Å²) in [6.07, 6.45) is 1.60. The van der Waals surface area contributed by atoms with Gasteiger partial charge in [-0.2, -0.15) is 0 Å². The lowest BCUT2D eigenvalue weighted by Gasteiger charge is -2.13. The summed E-state index contributed by atoms with van der Waals surface area (Å²) in [6, 6.07) is 15.6. The number of ketones is 1. The number of allylic oxidation sites excluding steroid dienone is 1. The molecule has 2 aromatic rings. The van der Waals surface area contributed by atoms with Gasteiger partial charge in [0, 0.05) is 30.1 Å². The highest BCUT2D eigenvalue weighted by Crippen LogP contribution is 2.48. The van der Waals surface area contributed by atoms with Gasteiger partial charge in [0.1, 0.15) is 4.20 Å². The van der Waals surface area contributed by atoms with E-state index in [9.17, 15) is 9.59 Å². The molecule has 1 saturated heterocycles. The first kappa shape index (κ1) is 19.0. The minimum Gasteiger partial charge on any atom is -0.365 e. The molecule has 1 atom stereocenters. The number of thioether (sulfide) groups is 1. The molecule has 6 heteroatoms. The van der Waals surface area contributed by atoms with Crippen molar-refractivity contribution in [2.75, 3.05) is 24.4 Å². The zero-order valence-electron chi connectivity index (χ0n) is 16.1. The van der Waals surface area contributed by atoms with Gasteiger partial charge in [0.2, 0.25) is 0 Å². The zero-order chi connectivity index (χ0) is 19.8. The van der Waals surface area contributed by atoms with Crippen LogP contribution in [0.3, 0.4) is 0 Å². The molecule has 2 aliphatic heterocycles. The maximum atomic E-state index is 13.1. The molecule has 0 N–H and O–H groups in total. The lowest BCUT2D eigenvalue weighted by Crippen LogP contribution is -2.26. The number of anilines is 1. The fourth-order valence-corrected chi connectivity index (χ4v) is 7.35. The molecule has 2 aliphatic rings. The molecule has 4 nitrogen and oxygen atoms in total. The van der Waals surface area contributed by atoms with E-state index in [4.69, 9.17) is 0 Å². The van der Waals surface area contributed by atoms with Crippen molar-refractivity contribution in [1.82, 2.24) is 4.90 Å². The number of benzene rings is 2. The van der Waals surface area contributed by atoms with Crippen molar-refractivity contribution < 1.29 is 9.59 Å². The lowest BCUT2D eigenvalue weighted by molar-refractivity contribution is -0.120. The largest absolute Gasteiger partial charge is 0.365 e. The van der Waals surface area contributed by atoms with Gasteiger partial charge in [-0.15, -0.1) is 10.5 Å². The Labute approximate surface area is 172 Å². The zero-order valence-corrected chi connectivity index (χ0v) is 17.8. The van der Waals surface area contributed by atoms with E-state index in [1.54, 1.807) is 23.1 Å². The van der Waals surface area contributed by atoms with E-state index in [1.165, 1.54) is 27.9 Å². The standard InChI is InChI=1S/C22H22N2O2S2/c1-4-24-20(13-18(25)16-8-6-5-7-9-16)27-22(21(24)26)28-14-23(3)17-12-15(2)10-11-19(17)28/h5-13H,4,14H2,1-3H3. The van der Waals surface area contributed by atoms with E-state index in [-0.39, 0.29) is 22.2 Å². The van der Waals surface area contributed by atoms with Crippen LogP contribution in [0, 0.1) is 6.92 Å². The van der Waals surface area contributed by atoms with Gasteiger partial charge in [-0.1, -0.05) is 48.2 Å². The highest BCUT2D eigenvalue weighted by Gasteiger charge is 2.36. The molecule has 1 unspecified atom stereocenters. The maximum absolute atomic E-state index is 13.1. The summed E-state index contributed by atoms with van der Waals surface area (Å²) >= 11 is 1.46. The lowest BCUT2D eigenvalue weighted by atomic mass is 10.1. The molecule has 0 aromatic heterocycles. The fraction of sp³-hybridized carbons (Fsp3) is 0.227. The Morgan fingerprint density at radius 2 is 1.96 bits per heavy atom. The van der Waals surface area contributed by atoms with Crippen LogP contribution < -0.4 is 4.90 Å². The molecule has 2 aromatic carbocycles. The number of carbonyl (C=O) groups excluding carboxylic acids is 2. The van der Waals surface area contributed by atoms with Crippen LogP contribution in [-0.2, 0) is 4.79 Å². The first-order valence-corrected chi connectivity index (χ1v) is 11.4. The summed E-state index contributed by atoms with van der Waals surface area (Å²) in [5, 5.41) is 0.729. The van der Waals surface area contributed by atoms with Crippen molar-refractivity contribution >= 4 is 43.8 Å². The van der Waals surface area contributed by atoms with E-state index >= 15 is 0 Å². The third-order valence-electron chi connectivity index (χ3n) is 4.85. The van der Waals surface area contributed by atoms with Crippen LogP contribution in [0.2, 0.25) is 0 Å². The Morgan fingerprint density at radius 3 is 2.68 bits per heavy atom. The van der Waals surface area contributed by atoms with Gasteiger partial charge in [-0.25, -0.2) is 0 Å². The number of hydrogen-bond acceptors (Lipinski definition) is 4. The molecule has 0 bridgehead atoms. The monoisotopic (exact) mass is 410 g/mol. The van der Waals surface area contributed by atoms with Gasteiger partial charge in [-0.3, -0.25) is 9.59 Å². The summed E-state index contributed by atoms with van der Waals surface area (Å²) in [5.74, 6) is 0.771. The highest BCUT2D eigenvalue weighted by atomic mass is 32.2. The van der Waals surface area contributed by atoms with Gasteiger partial charge < -0.3 is 9.80 Å². The van der Waals surface area contributed by atoms with Crippen LogP contribution in [0.4, 0.5) is 5.69 Å². The summed E-state index contributed by atoms with van der Waals surface area (Å²) in [7, 11) is 1.79.